The minimum Gasteiger partial charge on any atom is -0.591 e. The lowest BCUT2D eigenvalue weighted by molar-refractivity contribution is 0.290. The highest BCUT2D eigenvalue weighted by molar-refractivity contribution is 7.99. The van der Waals surface area contributed by atoms with Crippen LogP contribution in [0.2, 0.25) is 5.02 Å². The topological polar surface area (TPSA) is 152 Å². The summed E-state index contributed by atoms with van der Waals surface area (Å²) >= 11 is 6.54. The van der Waals surface area contributed by atoms with Crippen molar-refractivity contribution in [3.8, 4) is 11.9 Å². The van der Waals surface area contributed by atoms with Gasteiger partial charge in [0.05, 0.1) is 11.1 Å². The fourth-order valence-electron chi connectivity index (χ4n) is 5.60. The van der Waals surface area contributed by atoms with Crippen molar-refractivity contribution in [3.05, 3.63) is 52.6 Å². The Balaban J connectivity index is 1.14. The molecule has 1 saturated heterocycles. The molecule has 226 valence electrons. The number of aromatic nitrogens is 6. The Hall–Kier alpha value is -3.44. The first-order valence-electron chi connectivity index (χ1n) is 14.5. The number of rotatable bonds is 6. The second kappa shape index (κ2) is 11.2. The van der Waals surface area contributed by atoms with Crippen LogP contribution in [-0.2, 0) is 17.8 Å². The van der Waals surface area contributed by atoms with E-state index in [4.69, 9.17) is 25.7 Å². The predicted octanol–water partition coefficient (Wildman–Crippen LogP) is 5.45. The van der Waals surface area contributed by atoms with Gasteiger partial charge in [0.1, 0.15) is 44.0 Å². The van der Waals surface area contributed by atoms with Gasteiger partial charge in [0.25, 0.3) is 0 Å². The average molecular weight is 648 g/mol. The summed E-state index contributed by atoms with van der Waals surface area (Å²) in [6, 6.07) is 7.98. The Kier molecular flexibility index (Phi) is 7.43. The number of anilines is 1. The normalized spacial score (nSPS) is 19.4. The molecule has 0 amide bonds. The zero-order valence-corrected chi connectivity index (χ0v) is 26.9. The summed E-state index contributed by atoms with van der Waals surface area (Å²) in [5, 5.41) is 19.1. The molecule has 4 aromatic heterocycles. The van der Waals surface area contributed by atoms with Crippen molar-refractivity contribution in [1.82, 2.24) is 30.1 Å². The largest absolute Gasteiger partial charge is 0.591 e. The lowest BCUT2D eigenvalue weighted by atomic mass is 9.75. The van der Waals surface area contributed by atoms with Crippen molar-refractivity contribution < 1.29 is 9.29 Å². The Bertz CT molecular complexity index is 1820. The third kappa shape index (κ3) is 5.38. The predicted molar refractivity (Wildman–Crippen MR) is 170 cm³/mol. The molecule has 44 heavy (non-hydrogen) atoms. The number of nitrogens with one attached hydrogen (secondary N) is 1. The van der Waals surface area contributed by atoms with E-state index in [0.717, 1.165) is 54.0 Å². The third-order valence-electron chi connectivity index (χ3n) is 8.17. The molecule has 1 saturated carbocycles. The number of hydrogen-bond acceptors (Lipinski definition) is 11. The molecule has 4 aromatic rings. The molecule has 14 heteroatoms. The van der Waals surface area contributed by atoms with E-state index < -0.39 is 16.1 Å². The minimum absolute atomic E-state index is 0.167. The van der Waals surface area contributed by atoms with Gasteiger partial charge in [0, 0.05) is 47.8 Å². The van der Waals surface area contributed by atoms with Crippen LogP contribution in [0.5, 0.6) is 5.88 Å². The van der Waals surface area contributed by atoms with Crippen LogP contribution in [0.15, 0.2) is 44.9 Å². The number of H-pyrrole nitrogens is 1. The Morgan fingerprint density at radius 1 is 1.20 bits per heavy atom. The van der Waals surface area contributed by atoms with Crippen LogP contribution in [0.1, 0.15) is 63.4 Å². The van der Waals surface area contributed by atoms with Gasteiger partial charge in [0.2, 0.25) is 11.8 Å². The molecule has 0 unspecified atom stereocenters. The summed E-state index contributed by atoms with van der Waals surface area (Å²) in [5.74, 6) is 0.872. The summed E-state index contributed by atoms with van der Waals surface area (Å²) < 4.78 is 23.3. The molecule has 1 aliphatic heterocycles. The van der Waals surface area contributed by atoms with E-state index in [9.17, 15) is 9.81 Å². The highest BCUT2D eigenvalue weighted by atomic mass is 35.5. The van der Waals surface area contributed by atoms with Crippen molar-refractivity contribution in [1.29, 1.82) is 5.26 Å². The zero-order valence-electron chi connectivity index (χ0n) is 24.5. The van der Waals surface area contributed by atoms with E-state index >= 15 is 0 Å². The maximum Gasteiger partial charge on any atom is 0.234 e. The number of piperidine rings is 1. The summed E-state index contributed by atoms with van der Waals surface area (Å²) in [4.78, 5) is 21.2. The fraction of sp³-hybridized carbons (Fsp3) is 0.433. The molecule has 2 fully saturated rings. The smallest absolute Gasteiger partial charge is 0.234 e. The summed E-state index contributed by atoms with van der Waals surface area (Å²) in [6.07, 6.45) is 7.91. The van der Waals surface area contributed by atoms with Gasteiger partial charge in [-0.15, -0.1) is 0 Å². The minimum atomic E-state index is -1.39. The lowest BCUT2D eigenvalue weighted by Crippen LogP contribution is -2.44. The molecule has 7 rings (SSSR count). The zero-order chi connectivity index (χ0) is 30.6. The Labute approximate surface area is 267 Å². The molecule has 0 radical (unpaired) electrons. The van der Waals surface area contributed by atoms with Crippen molar-refractivity contribution in [2.45, 2.75) is 73.6 Å². The van der Waals surface area contributed by atoms with Crippen molar-refractivity contribution in [2.75, 3.05) is 18.0 Å². The van der Waals surface area contributed by atoms with Crippen LogP contribution in [0.3, 0.4) is 0 Å². The number of halogens is 1. The lowest BCUT2D eigenvalue weighted by Gasteiger charge is -2.39. The molecule has 0 bridgehead atoms. The van der Waals surface area contributed by atoms with Crippen LogP contribution in [-0.4, -0.2) is 64.3 Å². The molecule has 1 N–H and O–H groups in total. The number of hydrogen-bond donors (Lipinski definition) is 1. The number of nitrogens with zero attached hydrogens (tertiary/aromatic N) is 8. The van der Waals surface area contributed by atoms with Crippen LogP contribution in [0.25, 0.3) is 11.0 Å². The molecular weight excluding hydrogens is 618 g/mol. The van der Waals surface area contributed by atoms with Gasteiger partial charge in [-0.1, -0.05) is 27.8 Å². The second-order valence-electron chi connectivity index (χ2n) is 12.3. The third-order valence-corrected chi connectivity index (χ3v) is 11.1. The molecule has 1 spiro atoms. The maximum absolute atomic E-state index is 13.1. The summed E-state index contributed by atoms with van der Waals surface area (Å²) in [5.41, 5.74) is 3.33. The van der Waals surface area contributed by atoms with Crippen LogP contribution < -0.4 is 9.64 Å². The van der Waals surface area contributed by atoms with Gasteiger partial charge in [-0.2, -0.15) is 15.3 Å². The molecular formula is C30H30ClN9O2S2. The highest BCUT2D eigenvalue weighted by Crippen LogP contribution is 2.46. The number of aromatic amines is 1. The first-order valence-corrected chi connectivity index (χ1v) is 16.8. The first kappa shape index (κ1) is 29.3. The van der Waals surface area contributed by atoms with E-state index in [1.165, 1.54) is 11.8 Å². The van der Waals surface area contributed by atoms with Gasteiger partial charge >= 0.3 is 0 Å². The van der Waals surface area contributed by atoms with E-state index in [1.807, 2.05) is 32.9 Å². The molecule has 0 aromatic carbocycles. The first-order chi connectivity index (χ1) is 21.1. The maximum atomic E-state index is 13.1. The van der Waals surface area contributed by atoms with E-state index in [0.29, 0.717) is 46.0 Å². The average Bonchev–Trinajstić information content (AvgIpc) is 3.67. The van der Waals surface area contributed by atoms with Crippen molar-refractivity contribution in [2.24, 2.45) is 9.81 Å². The van der Waals surface area contributed by atoms with E-state index in [2.05, 4.69) is 36.1 Å². The van der Waals surface area contributed by atoms with E-state index in [-0.39, 0.29) is 17.2 Å². The van der Waals surface area contributed by atoms with Crippen LogP contribution >= 0.6 is 23.4 Å². The fourth-order valence-corrected chi connectivity index (χ4v) is 7.51. The Morgan fingerprint density at radius 3 is 2.73 bits per heavy atom. The van der Waals surface area contributed by atoms with Crippen molar-refractivity contribution >= 4 is 57.4 Å². The monoisotopic (exact) mass is 647 g/mol. The standard InChI is InChI=1S/C30H30ClN9O2S2/c1-29(2,3)44(41)39-24-18-5-4-11-33-19(18)15-30(24)9-13-40(14-10-30)28-35-20(16-32)22-25(36-28)37-38-27(22)43-21-8-12-34-26(23(21)31)42-17-6-7-17/h4-5,8,11-12,17H,6-7,9-10,13-15H2,1-3H3,(H,35,36,37,38)/b39-24+/t44-/m1/s1. The van der Waals surface area contributed by atoms with Crippen LogP contribution in [0, 0.1) is 16.7 Å². The van der Waals surface area contributed by atoms with Gasteiger partial charge in [0.15, 0.2) is 11.3 Å². The van der Waals surface area contributed by atoms with Gasteiger partial charge in [-0.05, 0) is 64.7 Å². The van der Waals surface area contributed by atoms with Crippen LogP contribution in [0.4, 0.5) is 5.95 Å². The van der Waals surface area contributed by atoms with Gasteiger partial charge in [-0.3, -0.25) is 10.1 Å². The number of nitriles is 1. The molecule has 11 nitrogen and oxygen atoms in total. The number of pyridine rings is 2. The SMILES string of the molecule is CC(C)(C)[S@@+]([O-])/N=C1\c2cccnc2CC12CCN(c1nc(C#N)c3c(Sc4ccnc(OC5CC5)c4Cl)n[nH]c3n1)CC2. The summed E-state index contributed by atoms with van der Waals surface area (Å²) in [7, 11) is 0. The van der Waals surface area contributed by atoms with Crippen molar-refractivity contribution in [3.63, 3.8) is 0 Å². The van der Waals surface area contributed by atoms with Gasteiger partial charge in [-0.25, -0.2) is 9.97 Å². The number of fused-ring (bicyclic) bond motifs is 2. The quantitative estimate of drug-likeness (QED) is 0.267. The molecule has 2 aliphatic carbocycles. The number of ether oxygens (including phenoxy) is 1. The Morgan fingerprint density at radius 2 is 2.00 bits per heavy atom. The molecule has 5 heterocycles. The van der Waals surface area contributed by atoms with E-state index in [1.54, 1.807) is 18.5 Å². The second-order valence-corrected chi connectivity index (χ2v) is 15.6. The highest BCUT2D eigenvalue weighted by Gasteiger charge is 2.48. The molecule has 3 aliphatic rings. The van der Waals surface area contributed by atoms with Gasteiger partial charge < -0.3 is 14.2 Å². The summed E-state index contributed by atoms with van der Waals surface area (Å²) in [6.45, 7) is 7.12. The molecule has 1 atom stereocenters.